The number of ether oxygens (including phenoxy) is 1. The SMILES string of the molecule is Cc1nnn(C)c1-c1ccc2nc(C)n(C(c3ccccc3)C3CCOCC3)c2c1. The molecule has 1 aliphatic heterocycles. The van der Waals surface area contributed by atoms with E-state index in [-0.39, 0.29) is 6.04 Å². The second-order valence-electron chi connectivity index (χ2n) is 8.18. The van der Waals surface area contributed by atoms with Crippen molar-refractivity contribution in [2.45, 2.75) is 32.7 Å². The summed E-state index contributed by atoms with van der Waals surface area (Å²) in [7, 11) is 1.94. The van der Waals surface area contributed by atoms with Crippen LogP contribution in [-0.4, -0.2) is 37.8 Å². The number of aryl methyl sites for hydroxylation is 3. The maximum atomic E-state index is 5.67. The first-order valence-electron chi connectivity index (χ1n) is 10.6. The molecule has 30 heavy (non-hydrogen) atoms. The molecule has 3 heterocycles. The number of hydrogen-bond donors (Lipinski definition) is 0. The van der Waals surface area contributed by atoms with Crippen LogP contribution in [0.4, 0.5) is 0 Å². The van der Waals surface area contributed by atoms with E-state index in [4.69, 9.17) is 9.72 Å². The summed E-state index contributed by atoms with van der Waals surface area (Å²) in [5.41, 5.74) is 6.61. The van der Waals surface area contributed by atoms with Gasteiger partial charge >= 0.3 is 0 Å². The van der Waals surface area contributed by atoms with Crippen LogP contribution in [0.25, 0.3) is 22.3 Å². The Kier molecular flexibility index (Phi) is 4.87. The Hall–Kier alpha value is -2.99. The Labute approximate surface area is 176 Å². The van der Waals surface area contributed by atoms with Gasteiger partial charge in [0, 0.05) is 25.8 Å². The molecule has 1 fully saturated rings. The van der Waals surface area contributed by atoms with Crippen LogP contribution in [0.3, 0.4) is 0 Å². The van der Waals surface area contributed by atoms with E-state index in [2.05, 4.69) is 70.3 Å². The summed E-state index contributed by atoms with van der Waals surface area (Å²) in [6, 6.07) is 17.5. The third-order valence-electron chi connectivity index (χ3n) is 6.27. The van der Waals surface area contributed by atoms with Gasteiger partial charge in [-0.2, -0.15) is 0 Å². The van der Waals surface area contributed by atoms with Gasteiger partial charge in [0.15, 0.2) is 0 Å². The minimum absolute atomic E-state index is 0.237. The highest BCUT2D eigenvalue weighted by Crippen LogP contribution is 2.37. The van der Waals surface area contributed by atoms with Crippen LogP contribution in [0.5, 0.6) is 0 Å². The predicted molar refractivity (Wildman–Crippen MR) is 117 cm³/mol. The molecule has 1 saturated heterocycles. The second kappa shape index (κ2) is 7.69. The van der Waals surface area contributed by atoms with Crippen molar-refractivity contribution in [2.75, 3.05) is 13.2 Å². The van der Waals surface area contributed by atoms with Gasteiger partial charge in [0.2, 0.25) is 0 Å². The zero-order chi connectivity index (χ0) is 20.7. The molecule has 1 aliphatic rings. The highest BCUT2D eigenvalue weighted by molar-refractivity contribution is 5.82. The third kappa shape index (κ3) is 3.21. The third-order valence-corrected chi connectivity index (χ3v) is 6.27. The molecule has 0 bridgehead atoms. The van der Waals surface area contributed by atoms with Crippen molar-refractivity contribution in [3.63, 3.8) is 0 Å². The quantitative estimate of drug-likeness (QED) is 0.506. The van der Waals surface area contributed by atoms with Crippen molar-refractivity contribution >= 4 is 11.0 Å². The van der Waals surface area contributed by atoms with Crippen molar-refractivity contribution in [3.8, 4) is 11.3 Å². The predicted octanol–water partition coefficient (Wildman–Crippen LogP) is 4.46. The molecule has 0 amide bonds. The molecule has 0 aliphatic carbocycles. The molecule has 154 valence electrons. The molecule has 6 nitrogen and oxygen atoms in total. The van der Waals surface area contributed by atoms with E-state index in [1.165, 1.54) is 5.56 Å². The first kappa shape index (κ1) is 19.0. The fourth-order valence-corrected chi connectivity index (χ4v) is 4.88. The van der Waals surface area contributed by atoms with Gasteiger partial charge in [0.05, 0.1) is 28.5 Å². The standard InChI is InChI=1S/C24H27N5O/c1-16-23(28(3)27-26-16)20-9-10-21-22(15-20)29(17(2)25-21)24(18-7-5-4-6-8-18)19-11-13-30-14-12-19/h4-10,15,19,24H,11-14H2,1-3H3. The number of benzene rings is 2. The summed E-state index contributed by atoms with van der Waals surface area (Å²) in [6.07, 6.45) is 2.12. The Bertz CT molecular complexity index is 1150. The van der Waals surface area contributed by atoms with E-state index in [0.717, 1.165) is 59.9 Å². The highest BCUT2D eigenvalue weighted by atomic mass is 16.5. The average Bonchev–Trinajstić information content (AvgIpc) is 3.28. The second-order valence-corrected chi connectivity index (χ2v) is 8.18. The molecular formula is C24H27N5O. The summed E-state index contributed by atoms with van der Waals surface area (Å²) in [4.78, 5) is 4.92. The van der Waals surface area contributed by atoms with Gasteiger partial charge in [-0.25, -0.2) is 9.67 Å². The van der Waals surface area contributed by atoms with Crippen LogP contribution >= 0.6 is 0 Å². The lowest BCUT2D eigenvalue weighted by molar-refractivity contribution is 0.0545. The molecule has 1 atom stereocenters. The van der Waals surface area contributed by atoms with Crippen molar-refractivity contribution < 1.29 is 4.74 Å². The average molecular weight is 402 g/mol. The van der Waals surface area contributed by atoms with E-state index in [1.54, 1.807) is 0 Å². The van der Waals surface area contributed by atoms with Crippen LogP contribution in [0.2, 0.25) is 0 Å². The smallest absolute Gasteiger partial charge is 0.107 e. The van der Waals surface area contributed by atoms with Gasteiger partial charge in [-0.3, -0.25) is 0 Å². The van der Waals surface area contributed by atoms with E-state index in [0.29, 0.717) is 5.92 Å². The highest BCUT2D eigenvalue weighted by Gasteiger charge is 2.29. The van der Waals surface area contributed by atoms with E-state index >= 15 is 0 Å². The van der Waals surface area contributed by atoms with E-state index in [1.807, 2.05) is 18.7 Å². The van der Waals surface area contributed by atoms with Crippen LogP contribution < -0.4 is 0 Å². The topological polar surface area (TPSA) is 57.8 Å². The first-order chi connectivity index (χ1) is 14.6. The van der Waals surface area contributed by atoms with Crippen LogP contribution in [-0.2, 0) is 11.8 Å². The molecule has 4 aromatic rings. The van der Waals surface area contributed by atoms with Crippen molar-refractivity contribution in [1.82, 2.24) is 24.5 Å². The Morgan fingerprint density at radius 2 is 1.80 bits per heavy atom. The molecule has 0 spiro atoms. The van der Waals surface area contributed by atoms with Gasteiger partial charge < -0.3 is 9.30 Å². The summed E-state index contributed by atoms with van der Waals surface area (Å²) in [5.74, 6) is 1.56. The lowest BCUT2D eigenvalue weighted by atomic mass is 9.86. The summed E-state index contributed by atoms with van der Waals surface area (Å²) < 4.78 is 9.95. The largest absolute Gasteiger partial charge is 0.381 e. The fraction of sp³-hybridized carbons (Fsp3) is 0.375. The Morgan fingerprint density at radius 3 is 2.50 bits per heavy atom. The molecule has 5 rings (SSSR count). The Balaban J connectivity index is 1.70. The van der Waals surface area contributed by atoms with Gasteiger partial charge in [0.25, 0.3) is 0 Å². The Morgan fingerprint density at radius 1 is 1.03 bits per heavy atom. The monoisotopic (exact) mass is 401 g/mol. The number of imidazole rings is 1. The molecule has 1 unspecified atom stereocenters. The summed E-state index contributed by atoms with van der Waals surface area (Å²) >= 11 is 0. The van der Waals surface area contributed by atoms with Crippen LogP contribution in [0.1, 0.15) is 36.0 Å². The summed E-state index contributed by atoms with van der Waals surface area (Å²) in [5, 5.41) is 8.42. The van der Waals surface area contributed by atoms with E-state index in [9.17, 15) is 0 Å². The molecule has 2 aromatic heterocycles. The van der Waals surface area contributed by atoms with Gasteiger partial charge in [0.1, 0.15) is 5.82 Å². The van der Waals surface area contributed by atoms with E-state index < -0.39 is 0 Å². The normalized spacial score (nSPS) is 16.2. The zero-order valence-corrected chi connectivity index (χ0v) is 17.7. The van der Waals surface area contributed by atoms with Gasteiger partial charge in [-0.1, -0.05) is 41.6 Å². The minimum Gasteiger partial charge on any atom is -0.381 e. The van der Waals surface area contributed by atoms with Crippen molar-refractivity contribution in [3.05, 3.63) is 65.6 Å². The molecule has 0 saturated carbocycles. The maximum Gasteiger partial charge on any atom is 0.107 e. The molecule has 0 N–H and O–H groups in total. The molecule has 2 aromatic carbocycles. The molecule has 0 radical (unpaired) electrons. The maximum absolute atomic E-state index is 5.67. The number of rotatable bonds is 4. The van der Waals surface area contributed by atoms with Crippen LogP contribution in [0, 0.1) is 19.8 Å². The minimum atomic E-state index is 0.237. The molecule has 6 heteroatoms. The lowest BCUT2D eigenvalue weighted by Crippen LogP contribution is -2.27. The van der Waals surface area contributed by atoms with Gasteiger partial charge in [-0.05, 0) is 50.3 Å². The lowest BCUT2D eigenvalue weighted by Gasteiger charge is -2.33. The van der Waals surface area contributed by atoms with Crippen LogP contribution in [0.15, 0.2) is 48.5 Å². The van der Waals surface area contributed by atoms with Gasteiger partial charge in [-0.15, -0.1) is 5.10 Å². The summed E-state index contributed by atoms with van der Waals surface area (Å²) in [6.45, 7) is 5.77. The first-order valence-corrected chi connectivity index (χ1v) is 10.6. The zero-order valence-electron chi connectivity index (χ0n) is 17.7. The number of aromatic nitrogens is 5. The van der Waals surface area contributed by atoms with Crippen molar-refractivity contribution in [2.24, 2.45) is 13.0 Å². The number of hydrogen-bond acceptors (Lipinski definition) is 4. The number of nitrogens with zero attached hydrogens (tertiary/aromatic N) is 5. The molecular weight excluding hydrogens is 374 g/mol. The fourth-order valence-electron chi connectivity index (χ4n) is 4.88. The van der Waals surface area contributed by atoms with Crippen molar-refractivity contribution in [1.29, 1.82) is 0 Å². The number of fused-ring (bicyclic) bond motifs is 1.